The number of allylic oxidation sites excluding steroid dienone is 3. The number of alkyl halides is 4. The molecule has 63 heavy (non-hydrogen) atoms. The molecule has 0 radical (unpaired) electrons. The first-order valence-corrected chi connectivity index (χ1v) is 23.6. The van der Waals surface area contributed by atoms with Crippen molar-refractivity contribution in [2.75, 3.05) is 66.0 Å². The number of piperidine rings is 2. The van der Waals surface area contributed by atoms with Crippen LogP contribution in [0.4, 0.5) is 17.6 Å². The van der Waals surface area contributed by atoms with Crippen molar-refractivity contribution in [3.05, 3.63) is 80.6 Å². The van der Waals surface area contributed by atoms with Crippen LogP contribution in [0, 0.1) is 22.7 Å². The molecule has 2 aliphatic carbocycles. The molecule has 0 aromatic heterocycles. The molecule has 0 N–H and O–H groups in total. The molecule has 0 saturated carbocycles. The van der Waals surface area contributed by atoms with Gasteiger partial charge in [0.1, 0.15) is 36.4 Å². The molecule has 0 spiro atoms. The van der Waals surface area contributed by atoms with Gasteiger partial charge in [0.05, 0.1) is 25.0 Å². The number of nitrogens with zero attached hydrogens (tertiary/aromatic N) is 5. The van der Waals surface area contributed by atoms with Gasteiger partial charge in [-0.2, -0.15) is 10.5 Å². The number of ketones is 2. The molecule has 20 heteroatoms. The van der Waals surface area contributed by atoms with Gasteiger partial charge in [-0.1, -0.05) is 12.1 Å². The van der Waals surface area contributed by atoms with Crippen LogP contribution in [0.25, 0.3) is 12.2 Å². The van der Waals surface area contributed by atoms with E-state index in [0.717, 1.165) is 27.8 Å². The molecule has 408 valence electrons. The van der Waals surface area contributed by atoms with Gasteiger partial charge < -0.3 is 14.4 Å². The maximum Gasteiger partial charge on any atom is 0.272 e. The summed E-state index contributed by atoms with van der Waals surface area (Å²) in [7, 11) is -3.11. The average Bonchev–Trinajstić information content (AvgIpc) is 3.84. The van der Waals surface area contributed by atoms with Crippen molar-refractivity contribution >= 4 is 67.7 Å². The molecule has 2 aliphatic heterocycles. The van der Waals surface area contributed by atoms with Crippen molar-refractivity contribution in [2.24, 2.45) is 0 Å². The summed E-state index contributed by atoms with van der Waals surface area (Å²) >= 11 is 0. The number of Topliss-reactive ketones (excluding diaryl/α,β-unsaturated/α-hetero) is 2. The third kappa shape index (κ3) is 13.6. The highest BCUT2D eigenvalue weighted by molar-refractivity contribution is 14.0. The van der Waals surface area contributed by atoms with Crippen molar-refractivity contribution in [1.29, 1.82) is 10.5 Å². The molecule has 13 nitrogen and oxygen atoms in total. The number of carbonyl (C=O) groups is 2. The molecule has 0 amide bonds. The lowest BCUT2D eigenvalue weighted by molar-refractivity contribution is -0.114. The molecule has 0 bridgehead atoms. The van der Waals surface area contributed by atoms with E-state index in [2.05, 4.69) is 0 Å². The summed E-state index contributed by atoms with van der Waals surface area (Å²) in [6.07, 6.45) is 4.61. The number of hydrogen-bond donors (Lipinski definition) is 0. The Labute approximate surface area is 432 Å². The molecular weight excluding hydrogens is 982 g/mol. The highest BCUT2D eigenvalue weighted by atomic mass is 127. The van der Waals surface area contributed by atoms with E-state index in [4.69, 9.17) is 14.7 Å². The number of fused-ring (bicyclic) bond motifs is 2. The van der Waals surface area contributed by atoms with Gasteiger partial charge in [0.25, 0.3) is 12.9 Å². The van der Waals surface area contributed by atoms with E-state index in [1.807, 2.05) is 24.3 Å². The van der Waals surface area contributed by atoms with Gasteiger partial charge in [0, 0.05) is 118 Å². The van der Waals surface area contributed by atoms with E-state index in [1.54, 1.807) is 43.3 Å². The third-order valence-corrected chi connectivity index (χ3v) is 13.7. The molecule has 2 saturated heterocycles. The first kappa shape index (κ1) is 51.3. The fraction of sp³-hybridized carbons (Fsp3) is 0.488. The van der Waals surface area contributed by atoms with E-state index in [1.165, 1.54) is 27.3 Å². The highest BCUT2D eigenvalue weighted by Crippen LogP contribution is 2.42. The number of benzene rings is 2. The Bertz CT molecular complexity index is 2540. The number of rotatable bonds is 15. The Morgan fingerprint density at radius 1 is 0.778 bits per heavy atom. The lowest BCUT2D eigenvalue weighted by atomic mass is 9.87. The van der Waals surface area contributed by atoms with E-state index in [9.17, 15) is 49.2 Å². The van der Waals surface area contributed by atoms with Crippen LogP contribution in [-0.4, -0.2) is 121 Å². The first-order valence-electron chi connectivity index (χ1n) is 19.9. The maximum absolute atomic E-state index is 12.9. The molecular formula is C43H116F4IN5O8S2. The quantitative estimate of drug-likeness (QED) is 0.0717. The number of halogens is 5. The Morgan fingerprint density at radius 3 is 1.56 bits per heavy atom. The zero-order valence-corrected chi connectivity index (χ0v) is 39.2. The van der Waals surface area contributed by atoms with Crippen LogP contribution in [-0.2, 0) is 42.5 Å². The highest BCUT2D eigenvalue weighted by Gasteiger charge is 2.32. The van der Waals surface area contributed by atoms with Gasteiger partial charge in [-0.3, -0.25) is 9.59 Å². The van der Waals surface area contributed by atoms with Crippen LogP contribution in [0.5, 0.6) is 11.5 Å². The molecule has 2 fully saturated rings. The van der Waals surface area contributed by atoms with Crippen molar-refractivity contribution in [2.45, 2.75) is 69.6 Å². The van der Waals surface area contributed by atoms with E-state index >= 15 is 0 Å². The fourth-order valence-corrected chi connectivity index (χ4v) is 9.80. The number of ether oxygens (including phenoxy) is 2. The Kier molecular flexibility index (Phi) is 17.9. The van der Waals surface area contributed by atoms with Crippen LogP contribution >= 0.6 is 24.0 Å². The van der Waals surface area contributed by atoms with Crippen LogP contribution in [0.15, 0.2) is 47.2 Å². The number of hydrogen-bond acceptors (Lipinski definition) is 11. The molecule has 2 aromatic carbocycles. The summed E-state index contributed by atoms with van der Waals surface area (Å²) in [5.41, 5.74) is 5.65. The third-order valence-electron chi connectivity index (χ3n) is 11.1. The summed E-state index contributed by atoms with van der Waals surface area (Å²) in [6.45, 7) is -0.0843. The van der Waals surface area contributed by atoms with Crippen molar-refractivity contribution in [1.82, 2.24) is 13.5 Å². The summed E-state index contributed by atoms with van der Waals surface area (Å²) < 4.78 is 112. The second-order valence-corrected chi connectivity index (χ2v) is 19.8. The van der Waals surface area contributed by atoms with Gasteiger partial charge >= 0.3 is 0 Å². The van der Waals surface area contributed by atoms with Crippen molar-refractivity contribution in [3.63, 3.8) is 0 Å². The molecule has 2 heterocycles. The lowest BCUT2D eigenvalue weighted by Crippen LogP contribution is -2.37. The minimum Gasteiger partial charge on any atom is -0.487 e. The number of nitriles is 2. The van der Waals surface area contributed by atoms with Crippen LogP contribution < -0.4 is 9.47 Å². The Hall–Kier alpha value is -4.35. The first-order chi connectivity index (χ1) is 29.2. The molecule has 6 rings (SSSR count). The summed E-state index contributed by atoms with van der Waals surface area (Å²) in [6, 6.07) is 10.8. The van der Waals surface area contributed by atoms with Crippen LogP contribution in [0.2, 0.25) is 0 Å². The number of carbonyl (C=O) groups excluding carboxylic acids is 2. The summed E-state index contributed by atoms with van der Waals surface area (Å²) in [5.74, 6) is -0.0377. The van der Waals surface area contributed by atoms with E-state index in [0.29, 0.717) is 92.9 Å². The molecule has 2 aromatic rings. The SMILES string of the molecule is CN(C)/C=C(\C#N)C(=O)C1=Cc2cc(OCC(F)F)c(C3CCN(S(C)(=O)=O)CC3)cc2C1.CS(=O)(=O)N1CCC(c2cc3c(cc2OCC(F)F)C=C(C(=O)CC#N)C3)CC1.I.[HH].[HH].[HH].[HH].[HH].[HH].[HH].[HH].[HH].[HH].[HH].[HH].[HH].[HH].[HH].[HH].[HH].[HH].[HH].[HH].[HH].[HH].[HH].[HH].[HH].[HH].[HH].[HH].[HH].[HH].[HH].[HH].[HH]. The predicted molar refractivity (Wildman–Crippen MR) is 309 cm³/mol. The monoisotopic (exact) mass is 1100 g/mol. The maximum atomic E-state index is 12.9. The minimum atomic E-state index is -3.29. The molecule has 0 unspecified atom stereocenters. The zero-order chi connectivity index (χ0) is 45.5. The van der Waals surface area contributed by atoms with Gasteiger partial charge in [0.15, 0.2) is 5.78 Å². The molecule has 4 aliphatic rings. The summed E-state index contributed by atoms with van der Waals surface area (Å²) in [4.78, 5) is 26.5. The normalized spacial score (nSPS) is 17.3. The largest absolute Gasteiger partial charge is 0.487 e. The van der Waals surface area contributed by atoms with Crippen molar-refractivity contribution in [3.8, 4) is 23.6 Å². The zero-order valence-electron chi connectivity index (χ0n) is 35.3. The summed E-state index contributed by atoms with van der Waals surface area (Å²) in [5, 5.41) is 18.1. The predicted octanol–water partition coefficient (Wildman–Crippen LogP) is 14.6. The smallest absolute Gasteiger partial charge is 0.272 e. The van der Waals surface area contributed by atoms with Crippen LogP contribution in [0.3, 0.4) is 0 Å². The van der Waals surface area contributed by atoms with E-state index in [-0.39, 0.29) is 106 Å². The van der Waals surface area contributed by atoms with E-state index < -0.39 is 46.1 Å². The standard InChI is InChI=1S/C23H27F2N3O4S.C20H22F2N2O4S.HI.33H2/c1-27(2)13-19(12-26)23(29)18-8-16-10-20(15-4-6-28(7-5-15)33(3,30)31)21(11-17(16)9-18)32-14-22(24)25;1-29(26,27)24-6-3-13(4-7-24)17-10-14-8-16(18(25)2-5-23)9-15(14)11-19(17)28-12-20(21)22;;;;;;;;;;;;;;;;;;;;;;;;;;;;;;;;;;/h9-11,13,15,22H,4-8,14H2,1-3H3;9-11,13,20H,2-4,6-8,12H2,1H3;34*1H/b19-13+;;;;;;;;;;;;;;;;;;;;;;;;;;;;;;;;;;;. The molecule has 0 atom stereocenters. The minimum absolute atomic E-state index is 0. The Morgan fingerprint density at radius 2 is 1.19 bits per heavy atom. The number of sulfonamides is 2. The van der Waals surface area contributed by atoms with Crippen molar-refractivity contribution < 1.29 is 101 Å². The van der Waals surface area contributed by atoms with Crippen LogP contribution in [0.1, 0.15) is 124 Å². The Balaban J connectivity index is -0.0000000240. The second kappa shape index (κ2) is 22.0. The van der Waals surface area contributed by atoms with Gasteiger partial charge in [-0.25, -0.2) is 43.0 Å². The lowest BCUT2D eigenvalue weighted by Gasteiger charge is -2.31. The topological polar surface area (TPSA) is 178 Å². The van der Waals surface area contributed by atoms with Gasteiger partial charge in [-0.05, 0) is 95.2 Å². The second-order valence-electron chi connectivity index (χ2n) is 15.9. The fourth-order valence-electron chi connectivity index (χ4n) is 8.05. The average molecular weight is 1100 g/mol. The van der Waals surface area contributed by atoms with Gasteiger partial charge in [0.2, 0.25) is 25.8 Å². The van der Waals surface area contributed by atoms with Gasteiger partial charge in [-0.15, -0.1) is 24.0 Å².